The van der Waals surface area contributed by atoms with E-state index in [9.17, 15) is 14.0 Å². The first-order chi connectivity index (χ1) is 14.5. The van der Waals surface area contributed by atoms with Gasteiger partial charge in [0.1, 0.15) is 11.5 Å². The van der Waals surface area contributed by atoms with Crippen LogP contribution in [0.15, 0.2) is 71.5 Å². The second-order valence-electron chi connectivity index (χ2n) is 6.60. The van der Waals surface area contributed by atoms with Gasteiger partial charge in [-0.1, -0.05) is 34.1 Å². The third-order valence-electron chi connectivity index (χ3n) is 4.49. The predicted molar refractivity (Wildman–Crippen MR) is 116 cm³/mol. The van der Waals surface area contributed by atoms with Crippen LogP contribution in [-0.2, 0) is 6.54 Å². The first-order valence-electron chi connectivity index (χ1n) is 9.06. The third kappa shape index (κ3) is 4.38. The van der Waals surface area contributed by atoms with Gasteiger partial charge in [-0.2, -0.15) is 0 Å². The van der Waals surface area contributed by atoms with Crippen molar-refractivity contribution in [2.45, 2.75) is 6.54 Å². The van der Waals surface area contributed by atoms with Crippen LogP contribution in [0, 0.1) is 5.82 Å². The number of aromatic nitrogens is 2. The zero-order valence-corrected chi connectivity index (χ0v) is 17.2. The summed E-state index contributed by atoms with van der Waals surface area (Å²) in [5.41, 5.74) is 2.68. The molecule has 3 N–H and O–H groups in total. The van der Waals surface area contributed by atoms with Crippen LogP contribution in [0.4, 0.5) is 10.1 Å². The quantitative estimate of drug-likeness (QED) is 0.400. The molecular weight excluding hydrogens is 451 g/mol. The predicted octanol–water partition coefficient (Wildman–Crippen LogP) is 4.65. The van der Waals surface area contributed by atoms with Gasteiger partial charge >= 0.3 is 0 Å². The van der Waals surface area contributed by atoms with Gasteiger partial charge in [-0.3, -0.25) is 9.59 Å². The molecule has 0 atom stereocenters. The average Bonchev–Trinajstić information content (AvgIpc) is 3.16. The number of carbonyl (C=O) groups is 2. The van der Waals surface area contributed by atoms with E-state index in [2.05, 4.69) is 36.5 Å². The van der Waals surface area contributed by atoms with Crippen LogP contribution >= 0.6 is 15.9 Å². The van der Waals surface area contributed by atoms with Crippen molar-refractivity contribution in [3.8, 4) is 0 Å². The number of pyridine rings is 1. The lowest BCUT2D eigenvalue weighted by atomic mass is 10.1. The molecule has 6 nitrogen and oxygen atoms in total. The van der Waals surface area contributed by atoms with E-state index in [0.29, 0.717) is 27.8 Å². The van der Waals surface area contributed by atoms with Crippen molar-refractivity contribution >= 4 is 44.5 Å². The minimum Gasteiger partial charge on any atom is -0.348 e. The van der Waals surface area contributed by atoms with Gasteiger partial charge in [-0.05, 0) is 42.0 Å². The van der Waals surface area contributed by atoms with Gasteiger partial charge < -0.3 is 15.6 Å². The lowest BCUT2D eigenvalue weighted by Gasteiger charge is -2.07. The van der Waals surface area contributed by atoms with Crippen molar-refractivity contribution in [1.82, 2.24) is 15.3 Å². The molecule has 0 saturated heterocycles. The topological polar surface area (TPSA) is 86.9 Å². The number of fused-ring (bicyclic) bond motifs is 1. The molecule has 0 unspecified atom stereocenters. The van der Waals surface area contributed by atoms with Crippen molar-refractivity contribution in [2.24, 2.45) is 0 Å². The Labute approximate surface area is 179 Å². The van der Waals surface area contributed by atoms with E-state index in [4.69, 9.17) is 0 Å². The van der Waals surface area contributed by atoms with Crippen LogP contribution in [0.2, 0.25) is 0 Å². The number of halogens is 2. The molecule has 0 radical (unpaired) electrons. The number of aromatic amines is 1. The molecule has 2 aromatic heterocycles. The molecule has 0 aliphatic heterocycles. The van der Waals surface area contributed by atoms with Crippen molar-refractivity contribution < 1.29 is 14.0 Å². The zero-order chi connectivity index (χ0) is 21.1. The minimum absolute atomic E-state index is 0.262. The highest BCUT2D eigenvalue weighted by molar-refractivity contribution is 9.10. The van der Waals surface area contributed by atoms with Crippen molar-refractivity contribution in [1.29, 1.82) is 0 Å². The van der Waals surface area contributed by atoms with E-state index in [0.717, 1.165) is 10.0 Å². The Hall–Kier alpha value is -3.52. The molecule has 4 rings (SSSR count). The molecule has 8 heteroatoms. The smallest absolute Gasteiger partial charge is 0.255 e. The molecule has 4 aromatic rings. The lowest BCUT2D eigenvalue weighted by Crippen LogP contribution is -2.22. The van der Waals surface area contributed by atoms with Crippen molar-refractivity contribution in [3.05, 3.63) is 94.0 Å². The van der Waals surface area contributed by atoms with Gasteiger partial charge in [-0.25, -0.2) is 9.37 Å². The Morgan fingerprint density at radius 1 is 1.07 bits per heavy atom. The number of nitrogens with one attached hydrogen (secondary N) is 3. The van der Waals surface area contributed by atoms with E-state index in [-0.39, 0.29) is 24.2 Å². The molecule has 0 saturated carbocycles. The minimum atomic E-state index is -0.329. The molecule has 2 aromatic carbocycles. The number of nitrogens with zero attached hydrogens (tertiary/aromatic N) is 1. The Morgan fingerprint density at radius 3 is 2.63 bits per heavy atom. The number of amides is 2. The standard InChI is InChI=1S/C22H16BrFN4O2/c23-15-3-1-2-14(8-15)21(29)28-17-9-18-19(12-26-20(18)25-11-17)22(30)27-10-13-4-6-16(24)7-5-13/h1-9,11-12H,10H2,(H,25,26)(H,27,30)(H,28,29). The summed E-state index contributed by atoms with van der Waals surface area (Å²) >= 11 is 3.34. The Kier molecular flexibility index (Phi) is 5.58. The zero-order valence-electron chi connectivity index (χ0n) is 15.6. The largest absolute Gasteiger partial charge is 0.348 e. The Balaban J connectivity index is 1.51. The Bertz CT molecular complexity index is 1240. The van der Waals surface area contributed by atoms with Gasteiger partial charge in [0.25, 0.3) is 11.8 Å². The normalized spacial score (nSPS) is 10.7. The van der Waals surface area contributed by atoms with Gasteiger partial charge in [0.2, 0.25) is 0 Å². The van der Waals surface area contributed by atoms with Gasteiger partial charge in [0.05, 0.1) is 17.4 Å². The second kappa shape index (κ2) is 8.46. The third-order valence-corrected chi connectivity index (χ3v) is 4.98. The second-order valence-corrected chi connectivity index (χ2v) is 7.51. The van der Waals surface area contributed by atoms with Crippen molar-refractivity contribution in [2.75, 3.05) is 5.32 Å². The number of rotatable bonds is 5. The Morgan fingerprint density at radius 2 is 1.87 bits per heavy atom. The maximum Gasteiger partial charge on any atom is 0.255 e. The maximum atomic E-state index is 13.0. The van der Waals surface area contributed by atoms with Crippen LogP contribution < -0.4 is 10.6 Å². The molecule has 0 bridgehead atoms. The van der Waals surface area contributed by atoms with Crippen LogP contribution in [0.1, 0.15) is 26.3 Å². The maximum absolute atomic E-state index is 13.0. The molecule has 0 fully saturated rings. The first kappa shape index (κ1) is 19.8. The fraction of sp³-hybridized carbons (Fsp3) is 0.0455. The molecule has 0 spiro atoms. The monoisotopic (exact) mass is 466 g/mol. The van der Waals surface area contributed by atoms with Crippen molar-refractivity contribution in [3.63, 3.8) is 0 Å². The summed E-state index contributed by atoms with van der Waals surface area (Å²) in [4.78, 5) is 32.3. The van der Waals surface area contributed by atoms with E-state index in [1.165, 1.54) is 18.3 Å². The molecule has 150 valence electrons. The highest BCUT2D eigenvalue weighted by Crippen LogP contribution is 2.21. The number of benzene rings is 2. The summed E-state index contributed by atoms with van der Waals surface area (Å²) in [6.07, 6.45) is 3.09. The number of hydrogen-bond donors (Lipinski definition) is 3. The molecule has 2 heterocycles. The molecule has 0 aliphatic carbocycles. The molecular formula is C22H16BrFN4O2. The van der Waals surface area contributed by atoms with Gasteiger partial charge in [0, 0.05) is 28.2 Å². The van der Waals surface area contributed by atoms with E-state index >= 15 is 0 Å². The first-order valence-corrected chi connectivity index (χ1v) is 9.85. The summed E-state index contributed by atoms with van der Waals surface area (Å²) in [6.45, 7) is 0.262. The fourth-order valence-electron chi connectivity index (χ4n) is 2.97. The van der Waals surface area contributed by atoms with E-state index in [1.807, 2.05) is 6.07 Å². The van der Waals surface area contributed by atoms with Gasteiger partial charge in [0.15, 0.2) is 0 Å². The summed E-state index contributed by atoms with van der Waals surface area (Å²) in [5, 5.41) is 6.18. The van der Waals surface area contributed by atoms with Gasteiger partial charge in [-0.15, -0.1) is 0 Å². The van der Waals surface area contributed by atoms with Crippen LogP contribution in [0.3, 0.4) is 0 Å². The number of anilines is 1. The van der Waals surface area contributed by atoms with E-state index in [1.54, 1.807) is 42.6 Å². The summed E-state index contributed by atoms with van der Waals surface area (Å²) in [5.74, 6) is -0.914. The van der Waals surface area contributed by atoms with Crippen LogP contribution in [0.5, 0.6) is 0 Å². The van der Waals surface area contributed by atoms with Crippen LogP contribution in [-0.4, -0.2) is 21.8 Å². The SMILES string of the molecule is O=C(Nc1cnc2[nH]cc(C(=O)NCc3ccc(F)cc3)c2c1)c1cccc(Br)c1. The summed E-state index contributed by atoms with van der Waals surface area (Å²) in [6, 6.07) is 14.6. The fourth-order valence-corrected chi connectivity index (χ4v) is 3.37. The average molecular weight is 467 g/mol. The highest BCUT2D eigenvalue weighted by Gasteiger charge is 2.14. The number of hydrogen-bond acceptors (Lipinski definition) is 3. The summed E-state index contributed by atoms with van der Waals surface area (Å²) in [7, 11) is 0. The number of carbonyl (C=O) groups excluding carboxylic acids is 2. The molecule has 0 aliphatic rings. The highest BCUT2D eigenvalue weighted by atomic mass is 79.9. The molecule has 30 heavy (non-hydrogen) atoms. The van der Waals surface area contributed by atoms with Crippen LogP contribution in [0.25, 0.3) is 11.0 Å². The van der Waals surface area contributed by atoms with E-state index < -0.39 is 0 Å². The lowest BCUT2D eigenvalue weighted by molar-refractivity contribution is 0.0952. The molecule has 2 amide bonds. The number of H-pyrrole nitrogens is 1. The summed E-state index contributed by atoms with van der Waals surface area (Å²) < 4.78 is 13.8.